The van der Waals surface area contributed by atoms with Crippen molar-refractivity contribution in [2.75, 3.05) is 54.6 Å². The van der Waals surface area contributed by atoms with E-state index in [2.05, 4.69) is 55.1 Å². The second-order valence-electron chi connectivity index (χ2n) is 12.1. The second kappa shape index (κ2) is 13.4. The molecule has 0 bridgehead atoms. The van der Waals surface area contributed by atoms with E-state index in [4.69, 9.17) is 14.4 Å². The number of amides is 1. The lowest BCUT2D eigenvalue weighted by Gasteiger charge is -2.38. The first kappa shape index (κ1) is 31.1. The zero-order chi connectivity index (χ0) is 30.3. The molecule has 0 spiro atoms. The van der Waals surface area contributed by atoms with Crippen LogP contribution in [0.5, 0.6) is 5.75 Å². The van der Waals surface area contributed by atoms with Gasteiger partial charge in [-0.3, -0.25) is 4.79 Å². The Kier molecular flexibility index (Phi) is 9.92. The van der Waals surface area contributed by atoms with Gasteiger partial charge in [0.1, 0.15) is 25.1 Å². The number of anilines is 3. The Bertz CT molecular complexity index is 1360. The fourth-order valence-corrected chi connectivity index (χ4v) is 5.84. The molecule has 1 atom stereocenters. The van der Waals surface area contributed by atoms with Crippen LogP contribution in [0.2, 0.25) is 18.1 Å². The number of nitrogens with one attached hydrogen (secondary N) is 1. The highest BCUT2D eigenvalue weighted by molar-refractivity contribution is 6.74. The zero-order valence-corrected chi connectivity index (χ0v) is 26.2. The van der Waals surface area contributed by atoms with Crippen LogP contribution in [-0.4, -0.2) is 59.8 Å². The van der Waals surface area contributed by atoms with E-state index in [0.29, 0.717) is 22.6 Å². The molecule has 42 heavy (non-hydrogen) atoms. The number of nitriles is 1. The third-order valence-corrected chi connectivity index (χ3v) is 12.7. The van der Waals surface area contributed by atoms with Crippen molar-refractivity contribution in [3.05, 3.63) is 83.9 Å². The van der Waals surface area contributed by atoms with Crippen LogP contribution in [0, 0.1) is 11.3 Å². The maximum Gasteiger partial charge on any atom is 0.255 e. The number of benzene rings is 3. The van der Waals surface area contributed by atoms with Crippen molar-refractivity contribution in [3.8, 4) is 11.8 Å². The quantitative estimate of drug-likeness (QED) is 0.260. The van der Waals surface area contributed by atoms with E-state index in [1.54, 1.807) is 24.3 Å². The van der Waals surface area contributed by atoms with Crippen molar-refractivity contribution in [3.63, 3.8) is 0 Å². The van der Waals surface area contributed by atoms with Crippen molar-refractivity contribution in [2.45, 2.75) is 45.0 Å². The van der Waals surface area contributed by atoms with Gasteiger partial charge in [-0.25, -0.2) is 4.39 Å². The Morgan fingerprint density at radius 1 is 0.929 bits per heavy atom. The van der Waals surface area contributed by atoms with E-state index in [1.165, 1.54) is 0 Å². The maximum absolute atomic E-state index is 13.6. The molecule has 1 saturated heterocycles. The van der Waals surface area contributed by atoms with Crippen LogP contribution in [0.3, 0.4) is 0 Å². The van der Waals surface area contributed by atoms with E-state index in [1.807, 2.05) is 48.5 Å². The topological polar surface area (TPSA) is 77.8 Å². The Morgan fingerprint density at radius 3 is 1.93 bits per heavy atom. The zero-order valence-electron chi connectivity index (χ0n) is 25.2. The van der Waals surface area contributed by atoms with Crippen LogP contribution in [-0.2, 0) is 4.43 Å². The number of hydrogen-bond donors (Lipinski definition) is 1. The lowest BCUT2D eigenvalue weighted by Crippen LogP contribution is -2.46. The number of carbonyl (C=O) groups is 1. The fourth-order valence-electron chi connectivity index (χ4n) is 4.52. The number of nitrogens with zero attached hydrogens (tertiary/aromatic N) is 3. The number of rotatable bonds is 10. The second-order valence-corrected chi connectivity index (χ2v) is 16.9. The molecule has 1 amide bonds. The predicted molar refractivity (Wildman–Crippen MR) is 170 cm³/mol. The summed E-state index contributed by atoms with van der Waals surface area (Å²) in [6.45, 7) is 13.6. The molecule has 9 heteroatoms. The summed E-state index contributed by atoms with van der Waals surface area (Å²) in [6.07, 6.45) is -0.622. The maximum atomic E-state index is 13.6. The molecular weight excluding hydrogens is 547 g/mol. The molecule has 0 aromatic heterocycles. The molecule has 0 saturated carbocycles. The highest BCUT2D eigenvalue weighted by atomic mass is 28.4. The van der Waals surface area contributed by atoms with E-state index in [-0.39, 0.29) is 17.6 Å². The van der Waals surface area contributed by atoms with Gasteiger partial charge in [-0.1, -0.05) is 20.8 Å². The number of carbonyl (C=O) groups excluding carboxylic acids is 1. The van der Waals surface area contributed by atoms with Crippen molar-refractivity contribution in [1.82, 2.24) is 0 Å². The number of ether oxygens (including phenoxy) is 1. The van der Waals surface area contributed by atoms with Gasteiger partial charge in [0, 0.05) is 48.8 Å². The molecule has 1 unspecified atom stereocenters. The highest BCUT2D eigenvalue weighted by Gasteiger charge is 2.39. The van der Waals surface area contributed by atoms with Crippen molar-refractivity contribution in [1.29, 1.82) is 5.26 Å². The summed E-state index contributed by atoms with van der Waals surface area (Å²) in [6, 6.07) is 24.6. The van der Waals surface area contributed by atoms with Crippen molar-refractivity contribution < 1.29 is 18.3 Å². The Hall–Kier alpha value is -3.87. The van der Waals surface area contributed by atoms with Gasteiger partial charge < -0.3 is 24.3 Å². The van der Waals surface area contributed by atoms with Gasteiger partial charge in [0.15, 0.2) is 8.32 Å². The summed E-state index contributed by atoms with van der Waals surface area (Å²) in [5.41, 5.74) is 4.13. The average molecular weight is 589 g/mol. The minimum Gasteiger partial charge on any atom is -0.491 e. The summed E-state index contributed by atoms with van der Waals surface area (Å²) in [7, 11) is -2.11. The van der Waals surface area contributed by atoms with Crippen molar-refractivity contribution >= 4 is 31.3 Å². The Morgan fingerprint density at radius 2 is 1.45 bits per heavy atom. The molecule has 3 aromatic carbocycles. The molecule has 4 rings (SSSR count). The molecule has 0 aliphatic carbocycles. The fraction of sp³-hybridized carbons (Fsp3) is 0.394. The summed E-state index contributed by atoms with van der Waals surface area (Å²) in [5, 5.41) is 11.9. The SMILES string of the molecule is CC(C)(C)[Si](C)(C)OC(CF)COc1ccc(C(=O)Nc2ccc(N3CCN(c4ccc(C#N)cc4)CC3)cc2)cc1. The lowest BCUT2D eigenvalue weighted by atomic mass is 10.1. The third kappa shape index (κ3) is 7.90. The molecular formula is C33H41FN4O3Si. The molecule has 7 nitrogen and oxygen atoms in total. The van der Waals surface area contributed by atoms with Gasteiger partial charge >= 0.3 is 0 Å². The molecule has 1 aliphatic rings. The summed E-state index contributed by atoms with van der Waals surface area (Å²) in [4.78, 5) is 17.5. The summed E-state index contributed by atoms with van der Waals surface area (Å²) in [5.74, 6) is 0.348. The van der Waals surface area contributed by atoms with Gasteiger partial charge in [0.2, 0.25) is 0 Å². The molecule has 222 valence electrons. The molecule has 1 aliphatic heterocycles. The van der Waals surface area contributed by atoms with Crippen LogP contribution >= 0.6 is 0 Å². The molecule has 1 heterocycles. The first-order chi connectivity index (χ1) is 20.0. The third-order valence-electron chi connectivity index (χ3n) is 8.12. The molecule has 0 radical (unpaired) electrons. The van der Waals surface area contributed by atoms with Gasteiger partial charge in [0.05, 0.1) is 11.6 Å². The lowest BCUT2D eigenvalue weighted by molar-refractivity contribution is 0.0919. The number of piperazine rings is 1. The largest absolute Gasteiger partial charge is 0.491 e. The van der Waals surface area contributed by atoms with E-state index < -0.39 is 21.1 Å². The van der Waals surface area contributed by atoms with Crippen LogP contribution in [0.15, 0.2) is 72.8 Å². The van der Waals surface area contributed by atoms with E-state index in [9.17, 15) is 9.18 Å². The van der Waals surface area contributed by atoms with Crippen LogP contribution < -0.4 is 19.9 Å². The van der Waals surface area contributed by atoms with Gasteiger partial charge in [0.25, 0.3) is 5.91 Å². The monoisotopic (exact) mass is 588 g/mol. The Labute approximate surface area is 250 Å². The minimum absolute atomic E-state index is 0.0146. The summed E-state index contributed by atoms with van der Waals surface area (Å²) >= 11 is 0. The van der Waals surface area contributed by atoms with Gasteiger partial charge in [-0.15, -0.1) is 0 Å². The first-order valence-corrected chi connectivity index (χ1v) is 17.3. The smallest absolute Gasteiger partial charge is 0.255 e. The summed E-state index contributed by atoms with van der Waals surface area (Å²) < 4.78 is 25.6. The number of halogens is 1. The minimum atomic E-state index is -2.11. The van der Waals surface area contributed by atoms with Gasteiger partial charge in [-0.05, 0) is 90.9 Å². The van der Waals surface area contributed by atoms with Gasteiger partial charge in [-0.2, -0.15) is 5.26 Å². The van der Waals surface area contributed by atoms with Crippen LogP contribution in [0.4, 0.5) is 21.5 Å². The van der Waals surface area contributed by atoms with E-state index in [0.717, 1.165) is 37.6 Å². The predicted octanol–water partition coefficient (Wildman–Crippen LogP) is 6.88. The molecule has 3 aromatic rings. The van der Waals surface area contributed by atoms with Crippen LogP contribution in [0.1, 0.15) is 36.7 Å². The Balaban J connectivity index is 1.25. The number of alkyl halides is 1. The highest BCUT2D eigenvalue weighted by Crippen LogP contribution is 2.37. The average Bonchev–Trinajstić information content (AvgIpc) is 2.99. The number of hydrogen-bond acceptors (Lipinski definition) is 6. The molecule has 1 N–H and O–H groups in total. The normalized spacial score (nSPS) is 14.7. The van der Waals surface area contributed by atoms with Crippen molar-refractivity contribution in [2.24, 2.45) is 0 Å². The van der Waals surface area contributed by atoms with E-state index >= 15 is 0 Å². The standard InChI is InChI=1S/C33H41FN4O3Si/c1-33(2,3)42(4,5)41-31(22-34)24-40-30-16-8-26(9-17-30)32(39)36-27-10-14-29(15-11-27)38-20-18-37(19-21-38)28-12-6-25(23-35)7-13-28/h6-17,31H,18-22,24H2,1-5H3,(H,36,39). The van der Waals surface area contributed by atoms with Crippen LogP contribution in [0.25, 0.3) is 0 Å². The first-order valence-electron chi connectivity index (χ1n) is 14.4. The molecule has 1 fully saturated rings.